The van der Waals surface area contributed by atoms with Gasteiger partial charge in [0.15, 0.2) is 0 Å². The predicted octanol–water partition coefficient (Wildman–Crippen LogP) is 6.10. The second-order valence-corrected chi connectivity index (χ2v) is 11.2. The van der Waals surface area contributed by atoms with Gasteiger partial charge in [-0.25, -0.2) is 14.8 Å². The Morgan fingerprint density at radius 3 is 2.67 bits per heavy atom. The number of likely N-dealkylation sites (tertiary alicyclic amines) is 1. The maximum absolute atomic E-state index is 14.0. The quantitative estimate of drug-likeness (QED) is 0.287. The number of pyridine rings is 3. The van der Waals surface area contributed by atoms with Crippen molar-refractivity contribution in [1.29, 1.82) is 0 Å². The summed E-state index contributed by atoms with van der Waals surface area (Å²) in [4.78, 5) is 32.9. The Kier molecular flexibility index (Phi) is 7.59. The topological polar surface area (TPSA) is 108 Å². The van der Waals surface area contributed by atoms with Crippen molar-refractivity contribution in [2.75, 3.05) is 32.0 Å². The molecule has 10 nitrogen and oxygen atoms in total. The normalized spacial score (nSPS) is 18.0. The first-order chi connectivity index (χ1) is 20.5. The van der Waals surface area contributed by atoms with Crippen LogP contribution in [0.25, 0.3) is 11.0 Å². The van der Waals surface area contributed by atoms with E-state index < -0.39 is 23.7 Å². The Morgan fingerprint density at radius 2 is 1.91 bits per heavy atom. The van der Waals surface area contributed by atoms with Crippen LogP contribution < -0.4 is 14.8 Å². The van der Waals surface area contributed by atoms with Crippen LogP contribution in [0.4, 0.5) is 23.7 Å². The van der Waals surface area contributed by atoms with Crippen LogP contribution >= 0.6 is 0 Å². The van der Waals surface area contributed by atoms with Crippen LogP contribution in [0.15, 0.2) is 42.9 Å². The molecule has 0 saturated carbocycles. The molecule has 1 unspecified atom stereocenters. The fraction of sp³-hybridized carbons (Fsp3) is 0.400. The van der Waals surface area contributed by atoms with Gasteiger partial charge in [0.1, 0.15) is 28.8 Å². The maximum Gasteiger partial charge on any atom is 0.421 e. The second kappa shape index (κ2) is 11.4. The number of alkyl halides is 3. The summed E-state index contributed by atoms with van der Waals surface area (Å²) in [6.07, 6.45) is 0.681. The molecule has 0 radical (unpaired) electrons. The van der Waals surface area contributed by atoms with Crippen molar-refractivity contribution in [1.82, 2.24) is 29.7 Å². The van der Waals surface area contributed by atoms with E-state index in [1.807, 2.05) is 33.0 Å². The van der Waals surface area contributed by atoms with Crippen molar-refractivity contribution in [3.8, 4) is 17.4 Å². The highest BCUT2D eigenvalue weighted by molar-refractivity contribution is 5.89. The van der Waals surface area contributed by atoms with Gasteiger partial charge in [-0.1, -0.05) is 6.92 Å². The van der Waals surface area contributed by atoms with Crippen LogP contribution in [0.3, 0.4) is 0 Å². The van der Waals surface area contributed by atoms with Gasteiger partial charge in [-0.2, -0.15) is 13.2 Å². The first-order valence-electron chi connectivity index (χ1n) is 14.1. The van der Waals surface area contributed by atoms with E-state index in [2.05, 4.69) is 30.2 Å². The number of halogens is 3. The van der Waals surface area contributed by atoms with Gasteiger partial charge in [0.25, 0.3) is 0 Å². The van der Waals surface area contributed by atoms with Gasteiger partial charge in [-0.05, 0) is 56.6 Å². The molecule has 0 bridgehead atoms. The van der Waals surface area contributed by atoms with Crippen LogP contribution in [0, 0.1) is 6.92 Å². The first-order valence-corrected chi connectivity index (χ1v) is 14.1. The van der Waals surface area contributed by atoms with E-state index in [1.165, 1.54) is 11.1 Å². The minimum absolute atomic E-state index is 0.0646. The summed E-state index contributed by atoms with van der Waals surface area (Å²) < 4.78 is 53.7. The molecule has 13 heteroatoms. The summed E-state index contributed by atoms with van der Waals surface area (Å²) in [6, 6.07) is 5.89. The molecule has 2 aliphatic heterocycles. The lowest BCUT2D eigenvalue weighted by Crippen LogP contribution is -2.40. The standard InChI is InChI=1S/C30H32F3N7O3/c1-17-15-40(16-19-11-22(14-35-26(17)19)42-25-4-7-34-27-23(25)10-18(2)37-27)29(41)38-20-12-24(30(31,32)33)28(36-13-20)43-21-5-8-39(3)9-6-21/h4,7,10-14,17,21H,5-6,8-9,15-16H2,1-3H3,(H,34,37)(H,38,41). The lowest BCUT2D eigenvalue weighted by molar-refractivity contribution is -0.139. The first kappa shape index (κ1) is 28.7. The van der Waals surface area contributed by atoms with Gasteiger partial charge in [-0.15, -0.1) is 0 Å². The number of rotatable bonds is 5. The summed E-state index contributed by atoms with van der Waals surface area (Å²) in [7, 11) is 1.96. The van der Waals surface area contributed by atoms with Crippen molar-refractivity contribution in [3.63, 3.8) is 0 Å². The highest BCUT2D eigenvalue weighted by atomic mass is 19.4. The molecule has 2 amide bonds. The number of piperidine rings is 1. The largest absolute Gasteiger partial charge is 0.474 e. The van der Waals surface area contributed by atoms with Crippen LogP contribution in [0.1, 0.15) is 48.2 Å². The van der Waals surface area contributed by atoms with Gasteiger partial charge in [0, 0.05) is 44.0 Å². The third-order valence-corrected chi connectivity index (χ3v) is 7.79. The van der Waals surface area contributed by atoms with Crippen molar-refractivity contribution in [2.24, 2.45) is 0 Å². The molecule has 0 aliphatic carbocycles. The van der Waals surface area contributed by atoms with Crippen LogP contribution in [0.5, 0.6) is 17.4 Å². The average Bonchev–Trinajstić information content (AvgIpc) is 3.35. The zero-order chi connectivity index (χ0) is 30.3. The number of carbonyl (C=O) groups excluding carboxylic acids is 1. The number of H-pyrrole nitrogens is 1. The van der Waals surface area contributed by atoms with Gasteiger partial charge < -0.3 is 29.6 Å². The number of ether oxygens (including phenoxy) is 2. The van der Waals surface area contributed by atoms with E-state index in [-0.39, 0.29) is 24.3 Å². The number of hydrogen-bond acceptors (Lipinski definition) is 7. The smallest absolute Gasteiger partial charge is 0.421 e. The molecular weight excluding hydrogens is 563 g/mol. The second-order valence-electron chi connectivity index (χ2n) is 11.2. The summed E-state index contributed by atoms with van der Waals surface area (Å²) in [5.41, 5.74) is 2.21. The van der Waals surface area contributed by atoms with Gasteiger partial charge in [0.05, 0.1) is 29.2 Å². The molecule has 6 heterocycles. The van der Waals surface area contributed by atoms with Crippen LogP contribution in [-0.4, -0.2) is 68.6 Å². The number of nitrogens with one attached hydrogen (secondary N) is 2. The fourth-order valence-corrected chi connectivity index (χ4v) is 5.60. The van der Waals surface area contributed by atoms with Crippen molar-refractivity contribution in [3.05, 3.63) is 65.4 Å². The minimum Gasteiger partial charge on any atom is -0.474 e. The summed E-state index contributed by atoms with van der Waals surface area (Å²) in [5.74, 6) is 0.544. The lowest BCUT2D eigenvalue weighted by atomic mass is 9.96. The minimum atomic E-state index is -4.70. The predicted molar refractivity (Wildman–Crippen MR) is 153 cm³/mol. The number of aryl methyl sites for hydroxylation is 1. The third kappa shape index (κ3) is 6.21. The molecule has 2 aliphatic rings. The SMILES string of the molecule is Cc1cc2c(Oc3cnc4c(c3)CN(C(=O)Nc3cnc(OC5CCN(C)CC5)c(C(F)(F)F)c3)CC4C)ccnc2[nH]1. The van der Waals surface area contributed by atoms with Crippen molar-refractivity contribution in [2.45, 2.75) is 51.4 Å². The zero-order valence-electron chi connectivity index (χ0n) is 24.0. The third-order valence-electron chi connectivity index (χ3n) is 7.79. The van der Waals surface area contributed by atoms with Crippen molar-refractivity contribution >= 4 is 22.8 Å². The fourth-order valence-electron chi connectivity index (χ4n) is 5.60. The molecular formula is C30H32F3N7O3. The molecule has 0 spiro atoms. The lowest BCUT2D eigenvalue weighted by Gasteiger charge is -2.32. The molecule has 4 aromatic heterocycles. The number of anilines is 1. The Hall–Kier alpha value is -4.39. The van der Waals surface area contributed by atoms with E-state index in [9.17, 15) is 18.0 Å². The number of aromatic amines is 1. The van der Waals surface area contributed by atoms with E-state index in [4.69, 9.17) is 9.47 Å². The molecule has 0 aromatic carbocycles. The number of aromatic nitrogens is 4. The Morgan fingerprint density at radius 1 is 1.12 bits per heavy atom. The number of urea groups is 1. The van der Waals surface area contributed by atoms with Gasteiger partial charge >= 0.3 is 12.2 Å². The van der Waals surface area contributed by atoms with E-state index in [1.54, 1.807) is 18.5 Å². The maximum atomic E-state index is 14.0. The summed E-state index contributed by atoms with van der Waals surface area (Å²) >= 11 is 0. The molecule has 1 atom stereocenters. The van der Waals surface area contributed by atoms with Gasteiger partial charge in [-0.3, -0.25) is 4.98 Å². The molecule has 43 heavy (non-hydrogen) atoms. The molecule has 6 rings (SSSR count). The zero-order valence-corrected chi connectivity index (χ0v) is 24.0. The summed E-state index contributed by atoms with van der Waals surface area (Å²) in [5, 5.41) is 3.42. The van der Waals surface area contributed by atoms with Crippen molar-refractivity contribution < 1.29 is 27.4 Å². The number of carbonyl (C=O) groups is 1. The highest BCUT2D eigenvalue weighted by Gasteiger charge is 2.37. The Bertz CT molecular complexity index is 1650. The highest BCUT2D eigenvalue weighted by Crippen LogP contribution is 2.38. The van der Waals surface area contributed by atoms with E-state index in [0.29, 0.717) is 36.5 Å². The number of amides is 2. The van der Waals surface area contributed by atoms with Crippen LogP contribution in [-0.2, 0) is 12.7 Å². The molecule has 226 valence electrons. The van der Waals surface area contributed by atoms with E-state index >= 15 is 0 Å². The monoisotopic (exact) mass is 595 g/mol. The molecule has 4 aromatic rings. The number of hydrogen-bond donors (Lipinski definition) is 2. The van der Waals surface area contributed by atoms with Gasteiger partial charge in [0.2, 0.25) is 5.88 Å². The molecule has 2 N–H and O–H groups in total. The van der Waals surface area contributed by atoms with Crippen LogP contribution in [0.2, 0.25) is 0 Å². The average molecular weight is 596 g/mol. The molecule has 1 saturated heterocycles. The number of fused-ring (bicyclic) bond motifs is 2. The Labute approximate surface area is 246 Å². The number of nitrogens with zero attached hydrogens (tertiary/aromatic N) is 5. The molecule has 1 fully saturated rings. The van der Waals surface area contributed by atoms with E-state index in [0.717, 1.165) is 41.5 Å². The summed E-state index contributed by atoms with van der Waals surface area (Å²) in [6.45, 7) is 5.91. The Balaban J connectivity index is 1.17.